The number of unbranched alkanes of at least 4 members (excludes halogenated alkanes) is 2. The van der Waals surface area contributed by atoms with E-state index in [1.54, 1.807) is 0 Å². The third kappa shape index (κ3) is 6.03. The largest absolute Gasteiger partial charge is 0.457 e. The van der Waals surface area contributed by atoms with E-state index >= 15 is 0 Å². The van der Waals surface area contributed by atoms with Gasteiger partial charge in [0.15, 0.2) is 0 Å². The van der Waals surface area contributed by atoms with E-state index in [0.717, 1.165) is 17.4 Å². The summed E-state index contributed by atoms with van der Waals surface area (Å²) in [6.45, 7) is 4.59. The van der Waals surface area contributed by atoms with Crippen LogP contribution >= 0.6 is 0 Å². The van der Waals surface area contributed by atoms with Gasteiger partial charge in [0.1, 0.15) is 11.5 Å². The SMILES string of the molecule is CC(C)CCCCCc1ccc(Oc2ccccc2)cc1. The first-order valence-electron chi connectivity index (χ1n) is 8.06. The third-order valence-electron chi connectivity index (χ3n) is 3.65. The Bertz CT molecular complexity index is 499. The molecule has 1 nitrogen and oxygen atoms in total. The van der Waals surface area contributed by atoms with Crippen LogP contribution in [-0.4, -0.2) is 0 Å². The molecular formula is C20H26O. The average molecular weight is 282 g/mol. The van der Waals surface area contributed by atoms with E-state index < -0.39 is 0 Å². The predicted octanol–water partition coefficient (Wildman–Crippen LogP) is 6.24. The van der Waals surface area contributed by atoms with Crippen LogP contribution in [0.15, 0.2) is 54.6 Å². The van der Waals surface area contributed by atoms with Gasteiger partial charge >= 0.3 is 0 Å². The Balaban J connectivity index is 1.74. The van der Waals surface area contributed by atoms with Crippen molar-refractivity contribution in [2.75, 3.05) is 0 Å². The maximum absolute atomic E-state index is 5.80. The highest BCUT2D eigenvalue weighted by atomic mass is 16.5. The molecule has 21 heavy (non-hydrogen) atoms. The Morgan fingerprint density at radius 3 is 2.10 bits per heavy atom. The van der Waals surface area contributed by atoms with Gasteiger partial charge in [0.05, 0.1) is 0 Å². The molecule has 0 aliphatic rings. The molecule has 0 saturated carbocycles. The van der Waals surface area contributed by atoms with Gasteiger partial charge in [-0.3, -0.25) is 0 Å². The van der Waals surface area contributed by atoms with Gasteiger partial charge in [-0.05, 0) is 48.6 Å². The second kappa shape index (κ2) is 8.51. The number of rotatable bonds is 8. The van der Waals surface area contributed by atoms with Crippen molar-refractivity contribution in [3.05, 3.63) is 60.2 Å². The van der Waals surface area contributed by atoms with Crippen LogP contribution in [0.3, 0.4) is 0 Å². The van der Waals surface area contributed by atoms with Gasteiger partial charge in [0, 0.05) is 0 Å². The standard InChI is InChI=1S/C20H26O/c1-17(2)9-5-3-6-10-18-13-15-20(16-14-18)21-19-11-7-4-8-12-19/h4,7-8,11-17H,3,5-6,9-10H2,1-2H3. The molecule has 0 aliphatic carbocycles. The van der Waals surface area contributed by atoms with Crippen LogP contribution in [-0.2, 0) is 6.42 Å². The van der Waals surface area contributed by atoms with Gasteiger partial charge in [-0.15, -0.1) is 0 Å². The quantitative estimate of drug-likeness (QED) is 0.521. The molecule has 0 aliphatic heterocycles. The van der Waals surface area contributed by atoms with Gasteiger partial charge in [0.2, 0.25) is 0 Å². The summed E-state index contributed by atoms with van der Waals surface area (Å²) in [6.07, 6.45) is 6.49. The summed E-state index contributed by atoms with van der Waals surface area (Å²) in [7, 11) is 0. The molecule has 0 aromatic heterocycles. The molecule has 112 valence electrons. The Labute approximate surface area is 129 Å². The Morgan fingerprint density at radius 2 is 1.43 bits per heavy atom. The summed E-state index contributed by atoms with van der Waals surface area (Å²) in [5, 5.41) is 0. The zero-order valence-corrected chi connectivity index (χ0v) is 13.2. The van der Waals surface area contributed by atoms with Gasteiger partial charge in [-0.2, -0.15) is 0 Å². The predicted molar refractivity (Wildman–Crippen MR) is 90.0 cm³/mol. The molecular weight excluding hydrogens is 256 g/mol. The molecule has 1 heteroatoms. The lowest BCUT2D eigenvalue weighted by Gasteiger charge is -2.07. The molecule has 0 saturated heterocycles. The molecule has 0 radical (unpaired) electrons. The fourth-order valence-corrected chi connectivity index (χ4v) is 2.41. The van der Waals surface area contributed by atoms with Crippen LogP contribution in [0.5, 0.6) is 11.5 Å². The third-order valence-corrected chi connectivity index (χ3v) is 3.65. The van der Waals surface area contributed by atoms with Crippen LogP contribution in [0.25, 0.3) is 0 Å². The van der Waals surface area contributed by atoms with Crippen molar-refractivity contribution in [1.82, 2.24) is 0 Å². The molecule has 0 spiro atoms. The monoisotopic (exact) mass is 282 g/mol. The van der Waals surface area contributed by atoms with Gasteiger partial charge in [0.25, 0.3) is 0 Å². The number of aryl methyl sites for hydroxylation is 1. The second-order valence-corrected chi connectivity index (χ2v) is 6.05. The van der Waals surface area contributed by atoms with Gasteiger partial charge < -0.3 is 4.74 Å². The number of hydrogen-bond donors (Lipinski definition) is 0. The summed E-state index contributed by atoms with van der Waals surface area (Å²) >= 11 is 0. The number of ether oxygens (including phenoxy) is 1. The molecule has 2 aromatic carbocycles. The molecule has 0 amide bonds. The minimum Gasteiger partial charge on any atom is -0.457 e. The van der Waals surface area contributed by atoms with E-state index in [1.807, 2.05) is 30.3 Å². The summed E-state index contributed by atoms with van der Waals surface area (Å²) in [5.41, 5.74) is 1.40. The van der Waals surface area contributed by atoms with E-state index in [4.69, 9.17) is 4.74 Å². The first kappa shape index (κ1) is 15.6. The zero-order chi connectivity index (χ0) is 14.9. The molecule has 2 rings (SSSR count). The minimum absolute atomic E-state index is 0.833. The van der Waals surface area contributed by atoms with Crippen molar-refractivity contribution >= 4 is 0 Å². The smallest absolute Gasteiger partial charge is 0.127 e. The summed E-state index contributed by atoms with van der Waals surface area (Å²) in [5.74, 6) is 2.63. The van der Waals surface area contributed by atoms with Crippen LogP contribution in [0.1, 0.15) is 45.1 Å². The summed E-state index contributed by atoms with van der Waals surface area (Å²) in [6, 6.07) is 18.4. The molecule has 2 aromatic rings. The lowest BCUT2D eigenvalue weighted by molar-refractivity contribution is 0.482. The van der Waals surface area contributed by atoms with Crippen LogP contribution in [0.4, 0.5) is 0 Å². The van der Waals surface area contributed by atoms with Crippen molar-refractivity contribution in [2.24, 2.45) is 5.92 Å². The van der Waals surface area contributed by atoms with Crippen molar-refractivity contribution in [1.29, 1.82) is 0 Å². The average Bonchev–Trinajstić information content (AvgIpc) is 2.49. The van der Waals surface area contributed by atoms with E-state index in [1.165, 1.54) is 37.7 Å². The molecule has 0 atom stereocenters. The first-order chi connectivity index (χ1) is 10.2. The van der Waals surface area contributed by atoms with E-state index in [9.17, 15) is 0 Å². The van der Waals surface area contributed by atoms with Crippen LogP contribution < -0.4 is 4.74 Å². The van der Waals surface area contributed by atoms with E-state index in [0.29, 0.717) is 0 Å². The highest BCUT2D eigenvalue weighted by molar-refractivity contribution is 5.32. The van der Waals surface area contributed by atoms with Crippen molar-refractivity contribution in [3.63, 3.8) is 0 Å². The first-order valence-corrected chi connectivity index (χ1v) is 8.06. The van der Waals surface area contributed by atoms with Crippen LogP contribution in [0, 0.1) is 5.92 Å². The zero-order valence-electron chi connectivity index (χ0n) is 13.2. The maximum Gasteiger partial charge on any atom is 0.127 e. The summed E-state index contributed by atoms with van der Waals surface area (Å²) < 4.78 is 5.80. The molecule has 0 bridgehead atoms. The maximum atomic E-state index is 5.80. The van der Waals surface area contributed by atoms with Crippen molar-refractivity contribution in [2.45, 2.75) is 46.0 Å². The summed E-state index contributed by atoms with van der Waals surface area (Å²) in [4.78, 5) is 0. The normalized spacial score (nSPS) is 10.8. The molecule has 0 unspecified atom stereocenters. The Hall–Kier alpha value is -1.76. The van der Waals surface area contributed by atoms with Crippen LogP contribution in [0.2, 0.25) is 0 Å². The molecule has 0 N–H and O–H groups in total. The lowest BCUT2D eigenvalue weighted by Crippen LogP contribution is -1.90. The van der Waals surface area contributed by atoms with Crippen molar-refractivity contribution in [3.8, 4) is 11.5 Å². The highest BCUT2D eigenvalue weighted by Crippen LogP contribution is 2.21. The second-order valence-electron chi connectivity index (χ2n) is 6.05. The molecule has 0 heterocycles. The fourth-order valence-electron chi connectivity index (χ4n) is 2.41. The van der Waals surface area contributed by atoms with E-state index in [-0.39, 0.29) is 0 Å². The highest BCUT2D eigenvalue weighted by Gasteiger charge is 1.99. The number of benzene rings is 2. The van der Waals surface area contributed by atoms with Gasteiger partial charge in [-0.25, -0.2) is 0 Å². The van der Waals surface area contributed by atoms with Gasteiger partial charge in [-0.1, -0.05) is 63.4 Å². The van der Waals surface area contributed by atoms with E-state index in [2.05, 4.69) is 38.1 Å². The lowest BCUT2D eigenvalue weighted by atomic mass is 10.0. The molecule has 0 fully saturated rings. The number of para-hydroxylation sites is 1. The topological polar surface area (TPSA) is 9.23 Å². The fraction of sp³-hybridized carbons (Fsp3) is 0.400. The Kier molecular flexibility index (Phi) is 6.33. The Morgan fingerprint density at radius 1 is 0.762 bits per heavy atom. The minimum atomic E-state index is 0.833. The van der Waals surface area contributed by atoms with Crippen molar-refractivity contribution < 1.29 is 4.74 Å². The number of hydrogen-bond acceptors (Lipinski definition) is 1.